The number of esters is 2. The standard InChI is InChI=1S/C28H28N2O6/c1-2-19-35-28(34)21-13-15-22(16-14-21)29-25(31)20-36-27(33)18-17-26(32)30(23-9-5-3-6-10-23)24-11-7-4-8-12-24/h3-16H,2,17-20H2,1H3,(H,29,31). The van der Waals surface area contributed by atoms with Gasteiger partial charge in [-0.05, 0) is 55.0 Å². The third kappa shape index (κ3) is 7.80. The molecule has 0 heterocycles. The van der Waals surface area contributed by atoms with E-state index in [0.717, 1.165) is 6.42 Å². The first-order chi connectivity index (χ1) is 17.5. The molecule has 186 valence electrons. The number of benzene rings is 3. The lowest BCUT2D eigenvalue weighted by molar-refractivity contribution is -0.148. The summed E-state index contributed by atoms with van der Waals surface area (Å²) in [6, 6.07) is 24.5. The molecule has 3 aromatic rings. The van der Waals surface area contributed by atoms with Crippen LogP contribution in [-0.4, -0.2) is 37.0 Å². The second kappa shape index (κ2) is 13.4. The Kier molecular flexibility index (Phi) is 9.76. The number of hydrogen-bond donors (Lipinski definition) is 1. The molecule has 0 atom stereocenters. The van der Waals surface area contributed by atoms with Crippen LogP contribution in [-0.2, 0) is 23.9 Å². The summed E-state index contributed by atoms with van der Waals surface area (Å²) >= 11 is 0. The Morgan fingerprint density at radius 3 is 1.89 bits per heavy atom. The maximum atomic E-state index is 13.0. The van der Waals surface area contributed by atoms with Crippen LogP contribution in [0.3, 0.4) is 0 Å². The van der Waals surface area contributed by atoms with Crippen molar-refractivity contribution in [2.45, 2.75) is 26.2 Å². The predicted molar refractivity (Wildman–Crippen MR) is 136 cm³/mol. The topological polar surface area (TPSA) is 102 Å². The lowest BCUT2D eigenvalue weighted by atomic mass is 10.2. The van der Waals surface area contributed by atoms with Crippen LogP contribution in [0.15, 0.2) is 84.9 Å². The molecule has 0 aliphatic carbocycles. The number of amides is 2. The molecule has 0 spiro atoms. The van der Waals surface area contributed by atoms with Crippen molar-refractivity contribution in [3.8, 4) is 0 Å². The van der Waals surface area contributed by atoms with E-state index >= 15 is 0 Å². The molecular formula is C28H28N2O6. The lowest BCUT2D eigenvalue weighted by Gasteiger charge is -2.23. The van der Waals surface area contributed by atoms with E-state index in [1.807, 2.05) is 67.6 Å². The molecule has 0 unspecified atom stereocenters. The summed E-state index contributed by atoms with van der Waals surface area (Å²) in [6.45, 7) is 1.75. The van der Waals surface area contributed by atoms with Crippen LogP contribution in [0, 0.1) is 0 Å². The van der Waals surface area contributed by atoms with E-state index in [1.165, 1.54) is 12.1 Å². The quantitative estimate of drug-likeness (QED) is 0.386. The van der Waals surface area contributed by atoms with Crippen molar-refractivity contribution in [1.29, 1.82) is 0 Å². The van der Waals surface area contributed by atoms with Crippen LogP contribution in [0.4, 0.5) is 17.1 Å². The number of carbonyl (C=O) groups is 4. The molecule has 36 heavy (non-hydrogen) atoms. The van der Waals surface area contributed by atoms with E-state index in [4.69, 9.17) is 9.47 Å². The zero-order valence-corrected chi connectivity index (χ0v) is 20.0. The number of ether oxygens (including phenoxy) is 2. The summed E-state index contributed by atoms with van der Waals surface area (Å²) in [4.78, 5) is 50.7. The van der Waals surface area contributed by atoms with Crippen LogP contribution >= 0.6 is 0 Å². The number of nitrogens with one attached hydrogen (secondary N) is 1. The van der Waals surface area contributed by atoms with Crippen molar-refractivity contribution in [3.63, 3.8) is 0 Å². The number of para-hydroxylation sites is 2. The Morgan fingerprint density at radius 2 is 1.33 bits per heavy atom. The normalized spacial score (nSPS) is 10.2. The fourth-order valence-electron chi connectivity index (χ4n) is 3.30. The van der Waals surface area contributed by atoms with E-state index < -0.39 is 24.5 Å². The first kappa shape index (κ1) is 26.2. The SMILES string of the molecule is CCCOC(=O)c1ccc(NC(=O)COC(=O)CCC(=O)N(c2ccccc2)c2ccccc2)cc1. The van der Waals surface area contributed by atoms with E-state index in [0.29, 0.717) is 29.2 Å². The average molecular weight is 489 g/mol. The van der Waals surface area contributed by atoms with Crippen LogP contribution in [0.5, 0.6) is 0 Å². The van der Waals surface area contributed by atoms with Gasteiger partial charge in [0.1, 0.15) is 0 Å². The Hall–Kier alpha value is -4.46. The third-order valence-electron chi connectivity index (χ3n) is 5.03. The van der Waals surface area contributed by atoms with Crippen LogP contribution in [0.2, 0.25) is 0 Å². The molecule has 2 amide bonds. The fraction of sp³-hybridized carbons (Fsp3) is 0.214. The zero-order chi connectivity index (χ0) is 25.8. The summed E-state index contributed by atoms with van der Waals surface area (Å²) in [5, 5.41) is 2.59. The van der Waals surface area contributed by atoms with Crippen molar-refractivity contribution in [3.05, 3.63) is 90.5 Å². The van der Waals surface area contributed by atoms with Gasteiger partial charge in [0.05, 0.1) is 18.6 Å². The van der Waals surface area contributed by atoms with Gasteiger partial charge in [0.2, 0.25) is 5.91 Å². The van der Waals surface area contributed by atoms with E-state index in [1.54, 1.807) is 17.0 Å². The monoisotopic (exact) mass is 488 g/mol. The lowest BCUT2D eigenvalue weighted by Crippen LogP contribution is -2.27. The van der Waals surface area contributed by atoms with Gasteiger partial charge >= 0.3 is 11.9 Å². The summed E-state index contributed by atoms with van der Waals surface area (Å²) < 4.78 is 10.1. The van der Waals surface area contributed by atoms with Crippen LogP contribution < -0.4 is 10.2 Å². The van der Waals surface area contributed by atoms with E-state index in [2.05, 4.69) is 5.32 Å². The average Bonchev–Trinajstić information content (AvgIpc) is 2.91. The highest BCUT2D eigenvalue weighted by molar-refractivity contribution is 6.01. The summed E-state index contributed by atoms with van der Waals surface area (Å²) in [5.41, 5.74) is 2.19. The van der Waals surface area contributed by atoms with Crippen molar-refractivity contribution >= 4 is 40.8 Å². The van der Waals surface area contributed by atoms with Crippen molar-refractivity contribution in [2.75, 3.05) is 23.4 Å². The minimum absolute atomic E-state index is 0.0835. The second-order valence-electron chi connectivity index (χ2n) is 7.82. The van der Waals surface area contributed by atoms with Gasteiger partial charge < -0.3 is 14.8 Å². The molecule has 8 nitrogen and oxygen atoms in total. The summed E-state index contributed by atoms with van der Waals surface area (Å²) in [6.07, 6.45) is 0.474. The highest BCUT2D eigenvalue weighted by Crippen LogP contribution is 2.26. The summed E-state index contributed by atoms with van der Waals surface area (Å²) in [5.74, 6) is -1.90. The first-order valence-electron chi connectivity index (χ1n) is 11.6. The molecular weight excluding hydrogens is 460 g/mol. The fourth-order valence-corrected chi connectivity index (χ4v) is 3.30. The third-order valence-corrected chi connectivity index (χ3v) is 5.03. The van der Waals surface area contributed by atoms with Gasteiger partial charge in [0, 0.05) is 23.5 Å². The smallest absolute Gasteiger partial charge is 0.338 e. The molecule has 0 aliphatic rings. The maximum absolute atomic E-state index is 13.0. The number of rotatable bonds is 11. The molecule has 0 fully saturated rings. The highest BCUT2D eigenvalue weighted by Gasteiger charge is 2.19. The minimum atomic E-state index is -0.659. The molecule has 0 saturated carbocycles. The maximum Gasteiger partial charge on any atom is 0.338 e. The Labute approximate surface area is 209 Å². The molecule has 0 radical (unpaired) electrons. The van der Waals surface area contributed by atoms with Gasteiger partial charge in [0.15, 0.2) is 6.61 Å². The summed E-state index contributed by atoms with van der Waals surface area (Å²) in [7, 11) is 0. The Bertz CT molecular complexity index is 1120. The zero-order valence-electron chi connectivity index (χ0n) is 20.0. The number of anilines is 3. The highest BCUT2D eigenvalue weighted by atomic mass is 16.5. The predicted octanol–water partition coefficient (Wildman–Crippen LogP) is 4.88. The van der Waals surface area contributed by atoms with Crippen LogP contribution in [0.1, 0.15) is 36.5 Å². The van der Waals surface area contributed by atoms with Crippen LogP contribution in [0.25, 0.3) is 0 Å². The van der Waals surface area contributed by atoms with Crippen molar-refractivity contribution < 1.29 is 28.7 Å². The molecule has 1 N–H and O–H groups in total. The van der Waals surface area contributed by atoms with Gasteiger partial charge in [-0.2, -0.15) is 0 Å². The Morgan fingerprint density at radius 1 is 0.750 bits per heavy atom. The Balaban J connectivity index is 1.47. The van der Waals surface area contributed by atoms with Gasteiger partial charge in [0.25, 0.3) is 5.91 Å². The van der Waals surface area contributed by atoms with Gasteiger partial charge in [-0.25, -0.2) is 4.79 Å². The second-order valence-corrected chi connectivity index (χ2v) is 7.82. The molecule has 3 rings (SSSR count). The number of hydrogen-bond acceptors (Lipinski definition) is 6. The van der Waals surface area contributed by atoms with Crippen molar-refractivity contribution in [2.24, 2.45) is 0 Å². The molecule has 0 aliphatic heterocycles. The van der Waals surface area contributed by atoms with E-state index in [-0.39, 0.29) is 18.7 Å². The number of nitrogens with zero attached hydrogens (tertiary/aromatic N) is 1. The molecule has 0 saturated heterocycles. The van der Waals surface area contributed by atoms with Gasteiger partial charge in [-0.3, -0.25) is 19.3 Å². The largest absolute Gasteiger partial charge is 0.462 e. The molecule has 3 aromatic carbocycles. The van der Waals surface area contributed by atoms with Gasteiger partial charge in [-0.15, -0.1) is 0 Å². The minimum Gasteiger partial charge on any atom is -0.462 e. The molecule has 0 bridgehead atoms. The van der Waals surface area contributed by atoms with Gasteiger partial charge in [-0.1, -0.05) is 43.3 Å². The number of carbonyl (C=O) groups excluding carboxylic acids is 4. The molecule has 8 heteroatoms. The van der Waals surface area contributed by atoms with E-state index in [9.17, 15) is 19.2 Å². The molecule has 0 aromatic heterocycles. The first-order valence-corrected chi connectivity index (χ1v) is 11.6. The van der Waals surface area contributed by atoms with Crippen molar-refractivity contribution in [1.82, 2.24) is 0 Å².